The van der Waals surface area contributed by atoms with E-state index in [0.717, 1.165) is 43.4 Å². The van der Waals surface area contributed by atoms with Gasteiger partial charge in [0.15, 0.2) is 0 Å². The van der Waals surface area contributed by atoms with E-state index in [-0.39, 0.29) is 18.4 Å². The molecule has 0 spiro atoms. The lowest BCUT2D eigenvalue weighted by Gasteiger charge is -2.28. The molecule has 1 fully saturated rings. The van der Waals surface area contributed by atoms with E-state index in [1.54, 1.807) is 0 Å². The standard InChI is InChI=1S/C38H40N2O2/c41-27-34(29-13-7-3-8-14-29)39-38(42)37(31-17-5-1-2-6-18-31)32-23-21-28(22-24-32)26-40-35-20-12-11-19-33(35)25-36(40)30-15-9-4-10-16-30/h3-4,7-16,19-25,31,34,37,41H,1-2,5-6,17-18,26-27H2,(H,39,42)/t34-,37-/m0/s1. The molecule has 1 saturated carbocycles. The van der Waals surface area contributed by atoms with Crippen molar-refractivity contribution in [2.24, 2.45) is 5.92 Å². The molecular formula is C38H40N2O2. The smallest absolute Gasteiger partial charge is 0.228 e. The molecule has 5 aromatic rings. The Morgan fingerprint density at radius 3 is 2.10 bits per heavy atom. The van der Waals surface area contributed by atoms with Crippen molar-refractivity contribution < 1.29 is 9.90 Å². The summed E-state index contributed by atoms with van der Waals surface area (Å²) in [5, 5.41) is 14.6. The molecule has 1 aliphatic rings. The minimum atomic E-state index is -0.412. The van der Waals surface area contributed by atoms with Gasteiger partial charge in [0.25, 0.3) is 0 Å². The zero-order chi connectivity index (χ0) is 28.7. The number of benzene rings is 4. The fourth-order valence-electron chi connectivity index (χ4n) is 6.70. The van der Waals surface area contributed by atoms with Crippen molar-refractivity contribution in [3.63, 3.8) is 0 Å². The molecule has 0 radical (unpaired) electrons. The molecule has 1 aromatic heterocycles. The minimum Gasteiger partial charge on any atom is -0.394 e. The second-order valence-corrected chi connectivity index (χ2v) is 11.7. The summed E-state index contributed by atoms with van der Waals surface area (Å²) >= 11 is 0. The van der Waals surface area contributed by atoms with Gasteiger partial charge in [0.2, 0.25) is 5.91 Å². The first-order chi connectivity index (χ1) is 20.7. The highest BCUT2D eigenvalue weighted by atomic mass is 16.3. The SMILES string of the molecule is O=C(N[C@@H](CO)c1ccccc1)[C@H](c1ccc(Cn2c(-c3ccccc3)cc3ccccc32)cc1)C1CCCCCC1. The predicted molar refractivity (Wildman–Crippen MR) is 171 cm³/mol. The lowest BCUT2D eigenvalue weighted by molar-refractivity contribution is -0.125. The molecule has 1 amide bonds. The van der Waals surface area contributed by atoms with E-state index in [9.17, 15) is 9.90 Å². The van der Waals surface area contributed by atoms with Gasteiger partial charge >= 0.3 is 0 Å². The third-order valence-corrected chi connectivity index (χ3v) is 8.91. The summed E-state index contributed by atoms with van der Waals surface area (Å²) in [5.41, 5.74) is 6.81. The zero-order valence-corrected chi connectivity index (χ0v) is 24.2. The van der Waals surface area contributed by atoms with Crippen LogP contribution in [0.1, 0.15) is 67.2 Å². The molecule has 0 unspecified atom stereocenters. The summed E-state index contributed by atoms with van der Waals surface area (Å²) in [5.74, 6) is 0.0778. The van der Waals surface area contributed by atoms with Crippen LogP contribution in [0, 0.1) is 5.92 Å². The van der Waals surface area contributed by atoms with E-state index >= 15 is 0 Å². The number of hydrogen-bond acceptors (Lipinski definition) is 2. The first-order valence-corrected chi connectivity index (χ1v) is 15.4. The van der Waals surface area contributed by atoms with Crippen molar-refractivity contribution in [3.8, 4) is 11.3 Å². The van der Waals surface area contributed by atoms with E-state index in [2.05, 4.69) is 94.8 Å². The molecule has 2 N–H and O–H groups in total. The third-order valence-electron chi connectivity index (χ3n) is 8.91. The molecule has 0 aliphatic heterocycles. The Bertz CT molecular complexity index is 1580. The van der Waals surface area contributed by atoms with E-state index < -0.39 is 6.04 Å². The van der Waals surface area contributed by atoms with E-state index in [4.69, 9.17) is 0 Å². The van der Waals surface area contributed by atoms with E-state index in [1.165, 1.54) is 40.6 Å². The third kappa shape index (κ3) is 6.19. The number of nitrogens with zero attached hydrogens (tertiary/aromatic N) is 1. The fraction of sp³-hybridized carbons (Fsp3) is 0.289. The maximum Gasteiger partial charge on any atom is 0.228 e. The van der Waals surface area contributed by atoms with E-state index in [1.807, 2.05) is 30.3 Å². The van der Waals surface area contributed by atoms with Crippen LogP contribution in [0.25, 0.3) is 22.2 Å². The van der Waals surface area contributed by atoms with Crippen LogP contribution in [0.15, 0.2) is 115 Å². The molecule has 1 heterocycles. The molecule has 6 rings (SSSR count). The van der Waals surface area contributed by atoms with Crippen molar-refractivity contribution in [2.75, 3.05) is 6.61 Å². The molecule has 2 atom stereocenters. The second kappa shape index (κ2) is 13.2. The number of para-hydroxylation sites is 1. The summed E-state index contributed by atoms with van der Waals surface area (Å²) in [6.07, 6.45) is 6.92. The lowest BCUT2D eigenvalue weighted by atomic mass is 9.80. The number of aliphatic hydroxyl groups excluding tert-OH is 1. The number of nitrogens with one attached hydrogen (secondary N) is 1. The normalized spacial score (nSPS) is 15.6. The summed E-state index contributed by atoms with van der Waals surface area (Å²) in [4.78, 5) is 14.0. The maximum absolute atomic E-state index is 14.0. The first kappa shape index (κ1) is 28.0. The van der Waals surface area contributed by atoms with Crippen LogP contribution in [0.4, 0.5) is 0 Å². The Balaban J connectivity index is 1.29. The van der Waals surface area contributed by atoms with Crippen LogP contribution in [0.2, 0.25) is 0 Å². The van der Waals surface area contributed by atoms with Crippen LogP contribution in [-0.2, 0) is 11.3 Å². The van der Waals surface area contributed by atoms with Crippen LogP contribution in [0.3, 0.4) is 0 Å². The Morgan fingerprint density at radius 1 is 0.762 bits per heavy atom. The zero-order valence-electron chi connectivity index (χ0n) is 24.2. The van der Waals surface area contributed by atoms with Crippen molar-refractivity contribution >= 4 is 16.8 Å². The van der Waals surface area contributed by atoms with Gasteiger partial charge in [-0.05, 0) is 53.1 Å². The number of rotatable bonds is 9. The molecule has 1 aliphatic carbocycles. The summed E-state index contributed by atoms with van der Waals surface area (Å²) in [7, 11) is 0. The summed E-state index contributed by atoms with van der Waals surface area (Å²) < 4.78 is 2.39. The van der Waals surface area contributed by atoms with Crippen molar-refractivity contribution in [1.82, 2.24) is 9.88 Å². The molecule has 42 heavy (non-hydrogen) atoms. The van der Waals surface area contributed by atoms with Gasteiger partial charge in [0, 0.05) is 23.1 Å². The van der Waals surface area contributed by atoms with Gasteiger partial charge in [0.1, 0.15) is 0 Å². The van der Waals surface area contributed by atoms with Gasteiger partial charge in [-0.3, -0.25) is 4.79 Å². The number of carbonyl (C=O) groups excluding carboxylic acids is 1. The average molecular weight is 557 g/mol. The highest BCUT2D eigenvalue weighted by Crippen LogP contribution is 2.37. The van der Waals surface area contributed by atoms with Gasteiger partial charge in [-0.25, -0.2) is 0 Å². The van der Waals surface area contributed by atoms with Crippen LogP contribution >= 0.6 is 0 Å². The largest absolute Gasteiger partial charge is 0.394 e. The highest BCUT2D eigenvalue weighted by molar-refractivity contribution is 5.87. The minimum absolute atomic E-state index is 0.0142. The van der Waals surface area contributed by atoms with Crippen molar-refractivity contribution in [3.05, 3.63) is 132 Å². The average Bonchev–Trinajstić information content (AvgIpc) is 3.19. The molecule has 0 bridgehead atoms. The molecule has 4 nitrogen and oxygen atoms in total. The number of amides is 1. The Labute approximate surface area is 249 Å². The van der Waals surface area contributed by atoms with Crippen LogP contribution in [0.5, 0.6) is 0 Å². The van der Waals surface area contributed by atoms with Crippen LogP contribution in [-0.4, -0.2) is 22.2 Å². The molecule has 4 heteroatoms. The van der Waals surface area contributed by atoms with Crippen molar-refractivity contribution in [2.45, 2.75) is 57.0 Å². The van der Waals surface area contributed by atoms with Gasteiger partial charge < -0.3 is 15.0 Å². The summed E-state index contributed by atoms with van der Waals surface area (Å²) in [6, 6.07) is 39.5. The van der Waals surface area contributed by atoms with E-state index in [0.29, 0.717) is 5.92 Å². The Morgan fingerprint density at radius 2 is 1.40 bits per heavy atom. The molecule has 0 saturated heterocycles. The molecule has 214 valence electrons. The number of fused-ring (bicyclic) bond motifs is 1. The summed E-state index contributed by atoms with van der Waals surface area (Å²) in [6.45, 7) is 0.625. The van der Waals surface area contributed by atoms with Gasteiger partial charge in [0.05, 0.1) is 18.6 Å². The monoisotopic (exact) mass is 556 g/mol. The topological polar surface area (TPSA) is 54.3 Å². The molecule has 4 aromatic carbocycles. The fourth-order valence-corrected chi connectivity index (χ4v) is 6.70. The second-order valence-electron chi connectivity index (χ2n) is 11.7. The molecular weight excluding hydrogens is 516 g/mol. The highest BCUT2D eigenvalue weighted by Gasteiger charge is 2.31. The number of aliphatic hydroxyl groups is 1. The van der Waals surface area contributed by atoms with Gasteiger partial charge in [-0.1, -0.05) is 129 Å². The Kier molecular flexibility index (Phi) is 8.81. The maximum atomic E-state index is 14.0. The van der Waals surface area contributed by atoms with Gasteiger partial charge in [-0.2, -0.15) is 0 Å². The van der Waals surface area contributed by atoms with Gasteiger partial charge in [-0.15, -0.1) is 0 Å². The Hall–Kier alpha value is -4.15. The van der Waals surface area contributed by atoms with Crippen LogP contribution < -0.4 is 5.32 Å². The number of carbonyl (C=O) groups is 1. The first-order valence-electron chi connectivity index (χ1n) is 15.4. The van der Waals surface area contributed by atoms with Crippen molar-refractivity contribution in [1.29, 1.82) is 0 Å². The quantitative estimate of drug-likeness (QED) is 0.180. The number of hydrogen-bond donors (Lipinski definition) is 2. The lowest BCUT2D eigenvalue weighted by Crippen LogP contribution is -2.37. The number of aromatic nitrogens is 1. The predicted octanol–water partition coefficient (Wildman–Crippen LogP) is 8.26.